The number of hydrogen-bond acceptors (Lipinski definition) is 2. The molecule has 25 heavy (non-hydrogen) atoms. The Labute approximate surface area is 146 Å². The van der Waals surface area contributed by atoms with Crippen LogP contribution in [0.15, 0.2) is 48.5 Å². The Morgan fingerprint density at radius 3 is 2.68 bits per heavy atom. The van der Waals surface area contributed by atoms with Crippen molar-refractivity contribution in [1.82, 2.24) is 5.32 Å². The summed E-state index contributed by atoms with van der Waals surface area (Å²) in [6.45, 7) is 2.78. The summed E-state index contributed by atoms with van der Waals surface area (Å²) in [4.78, 5) is 26.4. The summed E-state index contributed by atoms with van der Waals surface area (Å²) >= 11 is 0. The first-order valence-corrected chi connectivity index (χ1v) is 8.48. The van der Waals surface area contributed by atoms with Gasteiger partial charge in [-0.05, 0) is 41.8 Å². The molecule has 0 saturated carbocycles. The normalized spacial score (nSPS) is 17.0. The van der Waals surface area contributed by atoms with Crippen molar-refractivity contribution in [2.45, 2.75) is 26.3 Å². The maximum atomic E-state index is 12.9. The van der Waals surface area contributed by atoms with Gasteiger partial charge in [0.15, 0.2) is 0 Å². The first-order valence-electron chi connectivity index (χ1n) is 8.48. The third-order valence-corrected chi connectivity index (χ3v) is 4.51. The average Bonchev–Trinajstić information content (AvgIpc) is 3.03. The Hall–Kier alpha value is -2.69. The monoisotopic (exact) mass is 340 g/mol. The first-order chi connectivity index (χ1) is 12.1. The fourth-order valence-electron chi connectivity index (χ4n) is 3.01. The van der Waals surface area contributed by atoms with E-state index in [0.717, 1.165) is 23.2 Å². The van der Waals surface area contributed by atoms with E-state index in [1.807, 2.05) is 24.3 Å². The SMILES string of the molecule is CCc1cccc(N2C[C@H](C(=O)NCc3ccc(F)cc3)CC2=O)c1. The number of amides is 2. The van der Waals surface area contributed by atoms with Crippen LogP contribution in [0.2, 0.25) is 0 Å². The van der Waals surface area contributed by atoms with Crippen molar-refractivity contribution in [2.75, 3.05) is 11.4 Å². The predicted molar refractivity (Wildman–Crippen MR) is 94.5 cm³/mol. The number of benzene rings is 2. The molecule has 1 fully saturated rings. The molecule has 1 aliphatic rings. The summed E-state index contributed by atoms with van der Waals surface area (Å²) < 4.78 is 12.9. The van der Waals surface area contributed by atoms with Crippen LogP contribution in [0.1, 0.15) is 24.5 Å². The van der Waals surface area contributed by atoms with Gasteiger partial charge < -0.3 is 10.2 Å². The minimum Gasteiger partial charge on any atom is -0.352 e. The molecule has 0 aliphatic carbocycles. The molecule has 0 bridgehead atoms. The summed E-state index contributed by atoms with van der Waals surface area (Å²) in [6.07, 6.45) is 1.11. The third-order valence-electron chi connectivity index (χ3n) is 4.51. The van der Waals surface area contributed by atoms with Crippen LogP contribution in [0.4, 0.5) is 10.1 Å². The maximum absolute atomic E-state index is 12.9. The molecule has 1 N–H and O–H groups in total. The molecule has 0 radical (unpaired) electrons. The second-order valence-corrected chi connectivity index (χ2v) is 6.27. The lowest BCUT2D eigenvalue weighted by atomic mass is 10.1. The Morgan fingerprint density at radius 1 is 1.20 bits per heavy atom. The molecule has 3 rings (SSSR count). The van der Waals surface area contributed by atoms with Gasteiger partial charge in [-0.2, -0.15) is 0 Å². The van der Waals surface area contributed by atoms with Gasteiger partial charge in [-0.3, -0.25) is 9.59 Å². The van der Waals surface area contributed by atoms with Crippen molar-refractivity contribution in [1.29, 1.82) is 0 Å². The molecule has 130 valence electrons. The zero-order valence-corrected chi connectivity index (χ0v) is 14.2. The number of rotatable bonds is 5. The van der Waals surface area contributed by atoms with Crippen LogP contribution in [0.25, 0.3) is 0 Å². The lowest BCUT2D eigenvalue weighted by Gasteiger charge is -2.17. The number of halogens is 1. The highest BCUT2D eigenvalue weighted by atomic mass is 19.1. The molecule has 1 atom stereocenters. The molecule has 2 aromatic carbocycles. The smallest absolute Gasteiger partial charge is 0.227 e. The molecule has 2 aromatic rings. The van der Waals surface area contributed by atoms with E-state index in [0.29, 0.717) is 13.1 Å². The second-order valence-electron chi connectivity index (χ2n) is 6.27. The van der Waals surface area contributed by atoms with Crippen LogP contribution >= 0.6 is 0 Å². The molecule has 0 unspecified atom stereocenters. The first kappa shape index (κ1) is 17.1. The van der Waals surface area contributed by atoms with Crippen LogP contribution in [0.3, 0.4) is 0 Å². The van der Waals surface area contributed by atoms with Crippen LogP contribution < -0.4 is 10.2 Å². The van der Waals surface area contributed by atoms with Crippen LogP contribution in [-0.2, 0) is 22.6 Å². The topological polar surface area (TPSA) is 49.4 Å². The molecular weight excluding hydrogens is 319 g/mol. The molecule has 0 aromatic heterocycles. The van der Waals surface area contributed by atoms with E-state index < -0.39 is 0 Å². The zero-order valence-electron chi connectivity index (χ0n) is 14.2. The van der Waals surface area contributed by atoms with Crippen LogP contribution in [0.5, 0.6) is 0 Å². The van der Waals surface area contributed by atoms with Gasteiger partial charge in [-0.15, -0.1) is 0 Å². The second kappa shape index (κ2) is 7.47. The summed E-state index contributed by atoms with van der Waals surface area (Å²) in [5.41, 5.74) is 2.83. The van der Waals surface area contributed by atoms with Crippen molar-refractivity contribution in [3.05, 3.63) is 65.5 Å². The van der Waals surface area contributed by atoms with Gasteiger partial charge in [0.05, 0.1) is 5.92 Å². The van der Waals surface area contributed by atoms with Gasteiger partial charge in [0.25, 0.3) is 0 Å². The van der Waals surface area contributed by atoms with Gasteiger partial charge in [0.1, 0.15) is 5.82 Å². The van der Waals surface area contributed by atoms with Crippen molar-refractivity contribution < 1.29 is 14.0 Å². The molecule has 1 aliphatic heterocycles. The Bertz CT molecular complexity index is 774. The van der Waals surface area contributed by atoms with E-state index in [9.17, 15) is 14.0 Å². The molecule has 2 amide bonds. The lowest BCUT2D eigenvalue weighted by molar-refractivity contribution is -0.126. The minimum atomic E-state index is -0.363. The van der Waals surface area contributed by atoms with Gasteiger partial charge in [-0.1, -0.05) is 31.2 Å². The molecular formula is C20H21FN2O2. The number of nitrogens with zero attached hydrogens (tertiary/aromatic N) is 1. The molecule has 0 spiro atoms. The number of carbonyl (C=O) groups excluding carboxylic acids is 2. The fraction of sp³-hybridized carbons (Fsp3) is 0.300. The van der Waals surface area contributed by atoms with Gasteiger partial charge in [0.2, 0.25) is 11.8 Å². The highest BCUT2D eigenvalue weighted by Crippen LogP contribution is 2.26. The van der Waals surface area contributed by atoms with E-state index >= 15 is 0 Å². The molecule has 5 heteroatoms. The Kier molecular flexibility index (Phi) is 5.12. The van der Waals surface area contributed by atoms with Crippen molar-refractivity contribution in [3.63, 3.8) is 0 Å². The van der Waals surface area contributed by atoms with Crippen molar-refractivity contribution >= 4 is 17.5 Å². The quantitative estimate of drug-likeness (QED) is 0.909. The predicted octanol–water partition coefficient (Wildman–Crippen LogP) is 3.06. The van der Waals surface area contributed by atoms with E-state index in [-0.39, 0.29) is 30.0 Å². The number of anilines is 1. The highest BCUT2D eigenvalue weighted by molar-refractivity contribution is 6.00. The maximum Gasteiger partial charge on any atom is 0.227 e. The number of aryl methyl sites for hydroxylation is 1. The van der Waals surface area contributed by atoms with Crippen molar-refractivity contribution in [2.24, 2.45) is 5.92 Å². The van der Waals surface area contributed by atoms with Gasteiger partial charge in [0, 0.05) is 25.2 Å². The fourth-order valence-corrected chi connectivity index (χ4v) is 3.01. The summed E-state index contributed by atoms with van der Waals surface area (Å²) in [6, 6.07) is 13.9. The highest BCUT2D eigenvalue weighted by Gasteiger charge is 2.35. The van der Waals surface area contributed by atoms with E-state index in [2.05, 4.69) is 12.2 Å². The standard InChI is InChI=1S/C20H21FN2O2/c1-2-14-4-3-5-18(10-14)23-13-16(11-19(23)24)20(25)22-12-15-6-8-17(21)9-7-15/h3-10,16H,2,11-13H2,1H3,(H,22,25)/t16-/m1/s1. The van der Waals surface area contributed by atoms with Crippen molar-refractivity contribution in [3.8, 4) is 0 Å². The van der Waals surface area contributed by atoms with E-state index in [1.165, 1.54) is 12.1 Å². The lowest BCUT2D eigenvalue weighted by Crippen LogP contribution is -2.32. The summed E-state index contributed by atoms with van der Waals surface area (Å²) in [5.74, 6) is -0.846. The Morgan fingerprint density at radius 2 is 1.96 bits per heavy atom. The van der Waals surface area contributed by atoms with E-state index in [1.54, 1.807) is 17.0 Å². The minimum absolute atomic E-state index is 0.0322. The largest absolute Gasteiger partial charge is 0.352 e. The summed E-state index contributed by atoms with van der Waals surface area (Å²) in [7, 11) is 0. The molecule has 1 heterocycles. The van der Waals surface area contributed by atoms with Crippen LogP contribution in [0, 0.1) is 11.7 Å². The van der Waals surface area contributed by atoms with Crippen LogP contribution in [-0.4, -0.2) is 18.4 Å². The number of nitrogens with one attached hydrogen (secondary N) is 1. The molecule has 1 saturated heterocycles. The van der Waals surface area contributed by atoms with Gasteiger partial charge in [-0.25, -0.2) is 4.39 Å². The van der Waals surface area contributed by atoms with E-state index in [4.69, 9.17) is 0 Å². The average molecular weight is 340 g/mol. The zero-order chi connectivity index (χ0) is 17.8. The summed E-state index contributed by atoms with van der Waals surface area (Å²) in [5, 5.41) is 2.84. The number of carbonyl (C=O) groups is 2. The number of hydrogen-bond donors (Lipinski definition) is 1. The van der Waals surface area contributed by atoms with Gasteiger partial charge >= 0.3 is 0 Å². The Balaban J connectivity index is 1.61. The third kappa shape index (κ3) is 4.05. The molecule has 4 nitrogen and oxygen atoms in total.